The molecule has 21 heavy (non-hydrogen) atoms. The van der Waals surface area contributed by atoms with E-state index in [4.69, 9.17) is 10.6 Å². The molecule has 1 unspecified atom stereocenters. The quantitative estimate of drug-likeness (QED) is 0.376. The fraction of sp³-hybridized carbons (Fsp3) is 0.0714. The number of ether oxygens (including phenoxy) is 1. The van der Waals surface area contributed by atoms with Crippen molar-refractivity contribution in [1.82, 2.24) is 5.43 Å². The summed E-state index contributed by atoms with van der Waals surface area (Å²) in [6.07, 6.45) is -0.933. The van der Waals surface area contributed by atoms with Gasteiger partial charge in [0.05, 0.1) is 4.92 Å². The molecule has 0 aromatic heterocycles. The van der Waals surface area contributed by atoms with Gasteiger partial charge in [-0.15, -0.1) is 0 Å². The maximum atomic E-state index is 11.8. The first-order valence-electron chi connectivity index (χ1n) is 6.08. The third-order valence-corrected chi connectivity index (χ3v) is 2.78. The van der Waals surface area contributed by atoms with Crippen LogP contribution < -0.4 is 16.0 Å². The summed E-state index contributed by atoms with van der Waals surface area (Å²) in [4.78, 5) is 21.9. The number of hydrazine groups is 1. The van der Waals surface area contributed by atoms with Crippen LogP contribution in [0, 0.1) is 10.1 Å². The number of carbonyl (C=O) groups is 1. The Hall–Kier alpha value is -2.93. The molecule has 108 valence electrons. The van der Waals surface area contributed by atoms with Crippen LogP contribution in [0.1, 0.15) is 11.7 Å². The molecule has 0 heterocycles. The fourth-order valence-electron chi connectivity index (χ4n) is 1.76. The first-order chi connectivity index (χ1) is 10.1. The Balaban J connectivity index is 2.23. The first-order valence-corrected chi connectivity index (χ1v) is 6.08. The Kier molecular flexibility index (Phi) is 4.47. The van der Waals surface area contributed by atoms with Crippen molar-refractivity contribution in [1.29, 1.82) is 0 Å². The van der Waals surface area contributed by atoms with Crippen molar-refractivity contribution in [3.63, 3.8) is 0 Å². The van der Waals surface area contributed by atoms with Gasteiger partial charge in [0.1, 0.15) is 5.75 Å². The van der Waals surface area contributed by atoms with E-state index in [9.17, 15) is 14.9 Å². The fourth-order valence-corrected chi connectivity index (χ4v) is 1.76. The normalized spacial score (nSPS) is 11.5. The summed E-state index contributed by atoms with van der Waals surface area (Å²) >= 11 is 0. The molecule has 0 saturated carbocycles. The lowest BCUT2D eigenvalue weighted by Gasteiger charge is -2.17. The van der Waals surface area contributed by atoms with E-state index in [0.717, 1.165) is 0 Å². The van der Waals surface area contributed by atoms with Gasteiger partial charge in [-0.3, -0.25) is 20.3 Å². The summed E-state index contributed by atoms with van der Waals surface area (Å²) in [5.41, 5.74) is 2.61. The zero-order chi connectivity index (χ0) is 15.2. The molecule has 7 nitrogen and oxygen atoms in total. The van der Waals surface area contributed by atoms with Crippen molar-refractivity contribution in [2.24, 2.45) is 5.84 Å². The number of nitrogens with one attached hydrogen (secondary N) is 1. The molecule has 1 amide bonds. The highest BCUT2D eigenvalue weighted by Gasteiger charge is 2.21. The molecular formula is C14H13N3O4. The number of hydrogen-bond donors (Lipinski definition) is 2. The van der Waals surface area contributed by atoms with Gasteiger partial charge >= 0.3 is 0 Å². The van der Waals surface area contributed by atoms with Crippen molar-refractivity contribution in [2.75, 3.05) is 0 Å². The van der Waals surface area contributed by atoms with Crippen LogP contribution in [0.2, 0.25) is 0 Å². The van der Waals surface area contributed by atoms with E-state index in [2.05, 4.69) is 0 Å². The second-order valence-electron chi connectivity index (χ2n) is 4.17. The minimum absolute atomic E-state index is 0.0538. The van der Waals surface area contributed by atoms with Gasteiger partial charge in [0, 0.05) is 17.7 Å². The maximum Gasteiger partial charge on any atom is 0.279 e. The van der Waals surface area contributed by atoms with Crippen LogP contribution in [-0.4, -0.2) is 10.8 Å². The minimum Gasteiger partial charge on any atom is -0.476 e. The zero-order valence-electron chi connectivity index (χ0n) is 10.9. The van der Waals surface area contributed by atoms with E-state index in [0.29, 0.717) is 11.3 Å². The molecule has 0 saturated heterocycles. The number of amides is 1. The topological polar surface area (TPSA) is 107 Å². The predicted molar refractivity (Wildman–Crippen MR) is 75.2 cm³/mol. The SMILES string of the molecule is NNC(=O)C(Oc1ccc([N+](=O)[O-])cc1)c1ccccc1. The molecule has 2 aromatic carbocycles. The standard InChI is InChI=1S/C14H13N3O4/c15-16-14(18)13(10-4-2-1-3-5-10)21-12-8-6-11(7-9-12)17(19)20/h1-9,13H,15H2,(H,16,18). The summed E-state index contributed by atoms with van der Waals surface area (Å²) in [5, 5.41) is 10.6. The summed E-state index contributed by atoms with van der Waals surface area (Å²) in [7, 11) is 0. The largest absolute Gasteiger partial charge is 0.476 e. The van der Waals surface area contributed by atoms with Crippen molar-refractivity contribution in [2.45, 2.75) is 6.10 Å². The van der Waals surface area contributed by atoms with E-state index >= 15 is 0 Å². The van der Waals surface area contributed by atoms with Gasteiger partial charge in [0.15, 0.2) is 0 Å². The number of benzene rings is 2. The molecule has 1 atom stereocenters. The molecule has 2 aromatic rings. The molecule has 0 fully saturated rings. The van der Waals surface area contributed by atoms with Gasteiger partial charge in [0.2, 0.25) is 6.10 Å². The van der Waals surface area contributed by atoms with Crippen molar-refractivity contribution < 1.29 is 14.5 Å². The van der Waals surface area contributed by atoms with E-state index in [1.807, 2.05) is 11.5 Å². The number of non-ortho nitro benzene ring substituents is 1. The van der Waals surface area contributed by atoms with Gasteiger partial charge in [-0.05, 0) is 12.1 Å². The van der Waals surface area contributed by atoms with Gasteiger partial charge in [-0.25, -0.2) is 5.84 Å². The number of nitrogens with two attached hydrogens (primary N) is 1. The van der Waals surface area contributed by atoms with Crippen LogP contribution in [0.3, 0.4) is 0 Å². The summed E-state index contributed by atoms with van der Waals surface area (Å²) in [5.74, 6) is 4.98. The summed E-state index contributed by atoms with van der Waals surface area (Å²) < 4.78 is 5.57. The first kappa shape index (κ1) is 14.5. The third kappa shape index (κ3) is 3.54. The number of nitrogens with zero attached hydrogens (tertiary/aromatic N) is 1. The summed E-state index contributed by atoms with van der Waals surface area (Å²) in [6, 6.07) is 14.3. The highest BCUT2D eigenvalue weighted by molar-refractivity contribution is 5.82. The maximum absolute atomic E-state index is 11.8. The zero-order valence-corrected chi connectivity index (χ0v) is 10.9. The lowest BCUT2D eigenvalue weighted by Crippen LogP contribution is -2.37. The molecule has 2 rings (SSSR count). The number of nitro groups is 1. The molecule has 3 N–H and O–H groups in total. The van der Waals surface area contributed by atoms with Crippen LogP contribution in [0.4, 0.5) is 5.69 Å². The van der Waals surface area contributed by atoms with E-state index in [1.54, 1.807) is 24.3 Å². The highest BCUT2D eigenvalue weighted by atomic mass is 16.6. The lowest BCUT2D eigenvalue weighted by molar-refractivity contribution is -0.384. The smallest absolute Gasteiger partial charge is 0.279 e. The monoisotopic (exact) mass is 287 g/mol. The molecule has 7 heteroatoms. The second kappa shape index (κ2) is 6.49. The average Bonchev–Trinajstić information content (AvgIpc) is 2.53. The molecular weight excluding hydrogens is 274 g/mol. The van der Waals surface area contributed by atoms with Crippen LogP contribution in [0.15, 0.2) is 54.6 Å². The molecule has 0 bridgehead atoms. The minimum atomic E-state index is -0.933. The van der Waals surface area contributed by atoms with Crippen LogP contribution in [0.5, 0.6) is 5.75 Å². The Morgan fingerprint density at radius 2 is 1.76 bits per heavy atom. The molecule has 0 radical (unpaired) electrons. The average molecular weight is 287 g/mol. The Labute approximate surface area is 120 Å². The molecule has 0 spiro atoms. The molecule has 0 aliphatic heterocycles. The van der Waals surface area contributed by atoms with Crippen LogP contribution in [0.25, 0.3) is 0 Å². The van der Waals surface area contributed by atoms with Gasteiger partial charge in [-0.2, -0.15) is 0 Å². The lowest BCUT2D eigenvalue weighted by atomic mass is 10.1. The van der Waals surface area contributed by atoms with E-state index in [1.165, 1.54) is 24.3 Å². The number of hydrogen-bond acceptors (Lipinski definition) is 5. The highest BCUT2D eigenvalue weighted by Crippen LogP contribution is 2.24. The van der Waals surface area contributed by atoms with E-state index < -0.39 is 16.9 Å². The van der Waals surface area contributed by atoms with Gasteiger partial charge in [0.25, 0.3) is 11.6 Å². The second-order valence-corrected chi connectivity index (χ2v) is 4.17. The number of rotatable bonds is 5. The summed E-state index contributed by atoms with van der Waals surface area (Å²) in [6.45, 7) is 0. The van der Waals surface area contributed by atoms with Crippen LogP contribution in [-0.2, 0) is 4.79 Å². The third-order valence-electron chi connectivity index (χ3n) is 2.78. The van der Waals surface area contributed by atoms with E-state index in [-0.39, 0.29) is 5.69 Å². The Morgan fingerprint density at radius 1 is 1.14 bits per heavy atom. The van der Waals surface area contributed by atoms with Gasteiger partial charge in [-0.1, -0.05) is 30.3 Å². The number of carbonyl (C=O) groups excluding carboxylic acids is 1. The van der Waals surface area contributed by atoms with Gasteiger partial charge < -0.3 is 4.74 Å². The van der Waals surface area contributed by atoms with Crippen molar-refractivity contribution in [3.05, 3.63) is 70.3 Å². The van der Waals surface area contributed by atoms with Crippen LogP contribution >= 0.6 is 0 Å². The number of nitro benzene ring substituents is 1. The predicted octanol–water partition coefficient (Wildman–Crippen LogP) is 1.70. The Bertz CT molecular complexity index is 628. The van der Waals surface area contributed by atoms with Crippen molar-refractivity contribution >= 4 is 11.6 Å². The Morgan fingerprint density at radius 3 is 2.29 bits per heavy atom. The molecule has 0 aliphatic carbocycles. The van der Waals surface area contributed by atoms with Crippen molar-refractivity contribution in [3.8, 4) is 5.75 Å². The molecule has 0 aliphatic rings.